The van der Waals surface area contributed by atoms with Gasteiger partial charge in [0.25, 0.3) is 0 Å². The Hall–Kier alpha value is -1.15. The van der Waals surface area contributed by atoms with Gasteiger partial charge in [0.1, 0.15) is 0 Å². The highest BCUT2D eigenvalue weighted by molar-refractivity contribution is 5.97. The van der Waals surface area contributed by atoms with Crippen molar-refractivity contribution in [2.24, 2.45) is 5.41 Å². The van der Waals surface area contributed by atoms with Crippen molar-refractivity contribution in [3.05, 3.63) is 35.4 Å². The lowest BCUT2D eigenvalue weighted by atomic mass is 9.82. The Morgan fingerprint density at radius 3 is 2.30 bits per heavy atom. The molecular weight excluding hydrogens is 246 g/mol. The SMILES string of the molecule is CCCc1ccc(C(=O)CN2CCC(C)(C)CC2)cc1. The van der Waals surface area contributed by atoms with Gasteiger partial charge in [0.15, 0.2) is 5.78 Å². The zero-order chi connectivity index (χ0) is 14.6. The highest BCUT2D eigenvalue weighted by Crippen LogP contribution is 2.29. The summed E-state index contributed by atoms with van der Waals surface area (Å²) < 4.78 is 0. The Bertz CT molecular complexity index is 437. The Morgan fingerprint density at radius 2 is 1.75 bits per heavy atom. The van der Waals surface area contributed by atoms with E-state index in [1.807, 2.05) is 12.1 Å². The van der Waals surface area contributed by atoms with Gasteiger partial charge in [-0.15, -0.1) is 0 Å². The number of aryl methyl sites for hydroxylation is 1. The molecule has 0 aliphatic carbocycles. The van der Waals surface area contributed by atoms with Crippen LogP contribution < -0.4 is 0 Å². The fraction of sp³-hybridized carbons (Fsp3) is 0.611. The molecular formula is C18H27NO. The van der Waals surface area contributed by atoms with E-state index in [1.54, 1.807) is 0 Å². The summed E-state index contributed by atoms with van der Waals surface area (Å²) in [6.07, 6.45) is 4.62. The van der Waals surface area contributed by atoms with Crippen LogP contribution in [0.25, 0.3) is 0 Å². The van der Waals surface area contributed by atoms with Gasteiger partial charge in [0.2, 0.25) is 0 Å². The van der Waals surface area contributed by atoms with Gasteiger partial charge in [-0.25, -0.2) is 0 Å². The number of carbonyl (C=O) groups excluding carboxylic acids is 1. The molecule has 0 bridgehead atoms. The first-order valence-electron chi connectivity index (χ1n) is 7.85. The summed E-state index contributed by atoms with van der Waals surface area (Å²) in [5, 5.41) is 0. The molecule has 0 atom stereocenters. The summed E-state index contributed by atoms with van der Waals surface area (Å²) in [6.45, 7) is 9.48. The predicted molar refractivity (Wildman–Crippen MR) is 84.2 cm³/mol. The van der Waals surface area contributed by atoms with Crippen LogP contribution in [0.5, 0.6) is 0 Å². The number of hydrogen-bond acceptors (Lipinski definition) is 2. The van der Waals surface area contributed by atoms with Crippen molar-refractivity contribution in [2.75, 3.05) is 19.6 Å². The second-order valence-corrected chi connectivity index (χ2v) is 6.81. The number of Topliss-reactive ketones (excluding diaryl/α,β-unsaturated/α-hetero) is 1. The van der Waals surface area contributed by atoms with Crippen molar-refractivity contribution in [3.8, 4) is 0 Å². The van der Waals surface area contributed by atoms with Gasteiger partial charge in [0.05, 0.1) is 6.54 Å². The van der Waals surface area contributed by atoms with Gasteiger partial charge in [-0.05, 0) is 43.3 Å². The van der Waals surface area contributed by atoms with Crippen LogP contribution in [-0.2, 0) is 6.42 Å². The second kappa shape index (κ2) is 6.53. The summed E-state index contributed by atoms with van der Waals surface area (Å²) in [5.74, 6) is 0.257. The Balaban J connectivity index is 1.88. The largest absolute Gasteiger partial charge is 0.296 e. The van der Waals surface area contributed by atoms with Gasteiger partial charge in [-0.3, -0.25) is 9.69 Å². The van der Waals surface area contributed by atoms with Crippen LogP contribution in [0.3, 0.4) is 0 Å². The van der Waals surface area contributed by atoms with Crippen molar-refractivity contribution in [3.63, 3.8) is 0 Å². The smallest absolute Gasteiger partial charge is 0.176 e. The number of benzene rings is 1. The lowest BCUT2D eigenvalue weighted by Gasteiger charge is -2.36. The zero-order valence-electron chi connectivity index (χ0n) is 13.1. The number of rotatable bonds is 5. The molecule has 0 radical (unpaired) electrons. The normalized spacial score (nSPS) is 18.9. The molecule has 1 fully saturated rings. The maximum atomic E-state index is 12.3. The van der Waals surface area contributed by atoms with E-state index < -0.39 is 0 Å². The van der Waals surface area contributed by atoms with Crippen LogP contribution in [0.15, 0.2) is 24.3 Å². The summed E-state index contributed by atoms with van der Waals surface area (Å²) in [7, 11) is 0. The first-order valence-corrected chi connectivity index (χ1v) is 7.85. The topological polar surface area (TPSA) is 20.3 Å². The number of piperidine rings is 1. The first kappa shape index (κ1) is 15.2. The molecule has 2 rings (SSSR count). The van der Waals surface area contributed by atoms with E-state index in [-0.39, 0.29) is 5.78 Å². The maximum absolute atomic E-state index is 12.3. The highest BCUT2D eigenvalue weighted by atomic mass is 16.1. The van der Waals surface area contributed by atoms with Crippen LogP contribution in [0.2, 0.25) is 0 Å². The van der Waals surface area contributed by atoms with Crippen molar-refractivity contribution in [1.29, 1.82) is 0 Å². The molecule has 2 nitrogen and oxygen atoms in total. The van der Waals surface area contributed by atoms with Crippen LogP contribution in [0.1, 0.15) is 56.0 Å². The average molecular weight is 273 g/mol. The standard InChI is InChI=1S/C18H27NO/c1-4-5-15-6-8-16(9-7-15)17(20)14-19-12-10-18(2,3)11-13-19/h6-9H,4-5,10-14H2,1-3H3. The fourth-order valence-electron chi connectivity index (χ4n) is 2.76. The van der Waals surface area contributed by atoms with Crippen molar-refractivity contribution >= 4 is 5.78 Å². The molecule has 1 saturated heterocycles. The van der Waals surface area contributed by atoms with Crippen LogP contribution in [-0.4, -0.2) is 30.3 Å². The predicted octanol–water partition coefficient (Wildman–Crippen LogP) is 3.94. The highest BCUT2D eigenvalue weighted by Gasteiger charge is 2.26. The van der Waals surface area contributed by atoms with E-state index in [2.05, 4.69) is 37.8 Å². The number of nitrogens with zero attached hydrogens (tertiary/aromatic N) is 1. The molecule has 110 valence electrons. The van der Waals surface area contributed by atoms with E-state index >= 15 is 0 Å². The third kappa shape index (κ3) is 4.17. The summed E-state index contributed by atoms with van der Waals surface area (Å²) in [5.41, 5.74) is 2.62. The third-order valence-electron chi connectivity index (χ3n) is 4.39. The quantitative estimate of drug-likeness (QED) is 0.757. The minimum absolute atomic E-state index is 0.257. The molecule has 0 spiro atoms. The minimum Gasteiger partial charge on any atom is -0.296 e. The monoisotopic (exact) mass is 273 g/mol. The maximum Gasteiger partial charge on any atom is 0.176 e. The van der Waals surface area contributed by atoms with Crippen molar-refractivity contribution in [2.45, 2.75) is 46.5 Å². The molecule has 20 heavy (non-hydrogen) atoms. The van der Waals surface area contributed by atoms with E-state index in [1.165, 1.54) is 18.4 Å². The van der Waals surface area contributed by atoms with Crippen LogP contribution >= 0.6 is 0 Å². The third-order valence-corrected chi connectivity index (χ3v) is 4.39. The summed E-state index contributed by atoms with van der Waals surface area (Å²) in [6, 6.07) is 8.16. The molecule has 1 aliphatic rings. The van der Waals surface area contributed by atoms with Crippen molar-refractivity contribution < 1.29 is 4.79 Å². The van der Waals surface area contributed by atoms with Gasteiger partial charge in [-0.1, -0.05) is 51.5 Å². The molecule has 0 N–H and O–H groups in total. The molecule has 2 heteroatoms. The summed E-state index contributed by atoms with van der Waals surface area (Å²) in [4.78, 5) is 14.6. The first-order chi connectivity index (χ1) is 9.50. The molecule has 1 aromatic carbocycles. The van der Waals surface area contributed by atoms with Gasteiger partial charge < -0.3 is 0 Å². The lowest BCUT2D eigenvalue weighted by molar-refractivity contribution is 0.0845. The van der Waals surface area contributed by atoms with E-state index in [4.69, 9.17) is 0 Å². The van der Waals surface area contributed by atoms with Gasteiger partial charge in [-0.2, -0.15) is 0 Å². The molecule has 0 unspecified atom stereocenters. The van der Waals surface area contributed by atoms with E-state index in [0.29, 0.717) is 12.0 Å². The van der Waals surface area contributed by atoms with Crippen molar-refractivity contribution in [1.82, 2.24) is 4.90 Å². The number of ketones is 1. The van der Waals surface area contributed by atoms with Crippen LogP contribution in [0, 0.1) is 5.41 Å². The molecule has 1 heterocycles. The number of likely N-dealkylation sites (tertiary alicyclic amines) is 1. The van der Waals surface area contributed by atoms with E-state index in [0.717, 1.165) is 31.5 Å². The Labute approximate surface area is 123 Å². The Kier molecular flexibility index (Phi) is 4.98. The second-order valence-electron chi connectivity index (χ2n) is 6.81. The molecule has 0 saturated carbocycles. The summed E-state index contributed by atoms with van der Waals surface area (Å²) >= 11 is 0. The molecule has 0 aromatic heterocycles. The number of carbonyl (C=O) groups is 1. The molecule has 1 aromatic rings. The minimum atomic E-state index is 0.257. The fourth-order valence-corrected chi connectivity index (χ4v) is 2.76. The lowest BCUT2D eigenvalue weighted by Crippen LogP contribution is -2.40. The van der Waals surface area contributed by atoms with E-state index in [9.17, 15) is 4.79 Å². The molecule has 0 amide bonds. The average Bonchev–Trinajstić information content (AvgIpc) is 2.42. The van der Waals surface area contributed by atoms with Crippen LogP contribution in [0.4, 0.5) is 0 Å². The van der Waals surface area contributed by atoms with Gasteiger partial charge >= 0.3 is 0 Å². The zero-order valence-corrected chi connectivity index (χ0v) is 13.1. The molecule has 1 aliphatic heterocycles. The van der Waals surface area contributed by atoms with Gasteiger partial charge in [0, 0.05) is 5.56 Å². The number of hydrogen-bond donors (Lipinski definition) is 0. The Morgan fingerprint density at radius 1 is 1.15 bits per heavy atom.